The van der Waals surface area contributed by atoms with Gasteiger partial charge in [-0.15, -0.1) is 0 Å². The number of anilines is 1. The van der Waals surface area contributed by atoms with Gasteiger partial charge in [0.2, 0.25) is 5.96 Å². The van der Waals surface area contributed by atoms with Crippen LogP contribution in [0.1, 0.15) is 15.9 Å². The Balaban J connectivity index is 1.34. The minimum absolute atomic E-state index is 0.274. The number of nitrogens with zero attached hydrogens (tertiary/aromatic N) is 1. The summed E-state index contributed by atoms with van der Waals surface area (Å²) in [5, 5.41) is 7.29. The van der Waals surface area contributed by atoms with Gasteiger partial charge in [-0.05, 0) is 54.4 Å². The van der Waals surface area contributed by atoms with E-state index in [1.165, 1.54) is 10.9 Å². The van der Waals surface area contributed by atoms with Gasteiger partial charge in [-0.3, -0.25) is 15.1 Å². The standard InChI is InChI=1S/C27H26N4O4/c1-33-21-9-6-18(7-10-21)26(32)31-27(30-20-8-11-24-25(16-20)35-15-14-34-24)28-13-12-19-17-29-23-5-3-2-4-22(19)23/h2-11,16-17,29H,12-15H2,1H3,(H2,28,30,31,32). The number of nitrogens with one attached hydrogen (secondary N) is 3. The van der Waals surface area contributed by atoms with Crippen LogP contribution in [0.25, 0.3) is 10.9 Å². The van der Waals surface area contributed by atoms with E-state index in [1.807, 2.05) is 42.6 Å². The Labute approximate surface area is 202 Å². The number of guanidine groups is 1. The number of benzene rings is 3. The lowest BCUT2D eigenvalue weighted by Crippen LogP contribution is -2.36. The van der Waals surface area contributed by atoms with Gasteiger partial charge in [0.1, 0.15) is 19.0 Å². The van der Waals surface area contributed by atoms with E-state index in [1.54, 1.807) is 31.4 Å². The maximum atomic E-state index is 12.9. The molecule has 4 aromatic rings. The number of aromatic amines is 1. The van der Waals surface area contributed by atoms with E-state index in [0.29, 0.717) is 48.5 Å². The third kappa shape index (κ3) is 5.22. The van der Waals surface area contributed by atoms with Crippen LogP contribution in [0.2, 0.25) is 0 Å². The van der Waals surface area contributed by atoms with Crippen molar-refractivity contribution < 1.29 is 19.0 Å². The molecule has 1 aromatic heterocycles. The molecule has 1 aliphatic heterocycles. The van der Waals surface area contributed by atoms with Gasteiger partial charge < -0.3 is 24.5 Å². The van der Waals surface area contributed by atoms with E-state index in [0.717, 1.165) is 17.6 Å². The molecular weight excluding hydrogens is 444 g/mol. The lowest BCUT2D eigenvalue weighted by molar-refractivity contribution is 0.0977. The highest BCUT2D eigenvalue weighted by Gasteiger charge is 2.14. The minimum atomic E-state index is -0.274. The number of carbonyl (C=O) groups excluding carboxylic acids is 1. The van der Waals surface area contributed by atoms with Gasteiger partial charge in [-0.2, -0.15) is 0 Å². The van der Waals surface area contributed by atoms with Gasteiger partial charge in [0.25, 0.3) is 5.91 Å². The molecule has 0 saturated carbocycles. The molecule has 1 amide bonds. The second kappa shape index (κ2) is 10.2. The summed E-state index contributed by atoms with van der Waals surface area (Å²) < 4.78 is 16.5. The van der Waals surface area contributed by atoms with Crippen LogP contribution in [-0.4, -0.2) is 43.7 Å². The van der Waals surface area contributed by atoms with Gasteiger partial charge in [-0.1, -0.05) is 18.2 Å². The number of carbonyl (C=O) groups is 1. The van der Waals surface area contributed by atoms with Gasteiger partial charge in [0.15, 0.2) is 11.5 Å². The van der Waals surface area contributed by atoms with E-state index in [9.17, 15) is 4.79 Å². The third-order valence-electron chi connectivity index (χ3n) is 5.72. The quantitative estimate of drug-likeness (QED) is 0.287. The molecule has 2 heterocycles. The first-order valence-corrected chi connectivity index (χ1v) is 11.4. The normalized spacial score (nSPS) is 12.9. The van der Waals surface area contributed by atoms with Crippen LogP contribution in [0.5, 0.6) is 17.2 Å². The highest BCUT2D eigenvalue weighted by molar-refractivity contribution is 6.10. The number of H-pyrrole nitrogens is 1. The van der Waals surface area contributed by atoms with Crippen molar-refractivity contribution >= 4 is 28.5 Å². The first-order chi connectivity index (χ1) is 17.2. The van der Waals surface area contributed by atoms with Crippen molar-refractivity contribution in [2.75, 3.05) is 32.2 Å². The molecule has 5 rings (SSSR count). The number of hydrogen-bond donors (Lipinski definition) is 3. The maximum Gasteiger partial charge on any atom is 0.257 e. The number of fused-ring (bicyclic) bond motifs is 2. The lowest BCUT2D eigenvalue weighted by atomic mass is 10.1. The molecule has 0 radical (unpaired) electrons. The first-order valence-electron chi connectivity index (χ1n) is 11.4. The molecule has 8 nitrogen and oxygen atoms in total. The summed E-state index contributed by atoms with van der Waals surface area (Å²) in [6, 6.07) is 20.6. The predicted molar refractivity (Wildman–Crippen MR) is 136 cm³/mol. The molecule has 0 atom stereocenters. The monoisotopic (exact) mass is 470 g/mol. The van der Waals surface area contributed by atoms with Crippen molar-refractivity contribution in [2.24, 2.45) is 4.99 Å². The number of aromatic nitrogens is 1. The van der Waals surface area contributed by atoms with E-state index in [-0.39, 0.29) is 5.91 Å². The summed E-state index contributed by atoms with van der Waals surface area (Å²) in [5.74, 6) is 2.11. The number of para-hydroxylation sites is 1. The molecule has 178 valence electrons. The van der Waals surface area contributed by atoms with Crippen molar-refractivity contribution in [3.05, 3.63) is 84.1 Å². The molecule has 3 N–H and O–H groups in total. The Bertz CT molecular complexity index is 1360. The van der Waals surface area contributed by atoms with Crippen LogP contribution < -0.4 is 24.8 Å². The van der Waals surface area contributed by atoms with Gasteiger partial charge >= 0.3 is 0 Å². The van der Waals surface area contributed by atoms with E-state index >= 15 is 0 Å². The highest BCUT2D eigenvalue weighted by Crippen LogP contribution is 2.32. The molecule has 0 aliphatic carbocycles. The molecule has 3 aromatic carbocycles. The number of amides is 1. The number of aliphatic imine (C=N–C) groups is 1. The number of rotatable bonds is 6. The summed E-state index contributed by atoms with van der Waals surface area (Å²) in [6.45, 7) is 1.51. The molecule has 8 heteroatoms. The topological polar surface area (TPSA) is 97.0 Å². The molecule has 0 bridgehead atoms. The van der Waals surface area contributed by atoms with E-state index in [2.05, 4.69) is 26.7 Å². The lowest BCUT2D eigenvalue weighted by Gasteiger charge is -2.19. The minimum Gasteiger partial charge on any atom is -0.497 e. The van der Waals surface area contributed by atoms with Crippen molar-refractivity contribution in [2.45, 2.75) is 6.42 Å². The Morgan fingerprint density at radius 1 is 1.03 bits per heavy atom. The van der Waals surface area contributed by atoms with Crippen LogP contribution in [0.15, 0.2) is 77.9 Å². The summed E-state index contributed by atoms with van der Waals surface area (Å²) in [4.78, 5) is 20.9. The van der Waals surface area contributed by atoms with Gasteiger partial charge in [0, 0.05) is 41.0 Å². The average Bonchev–Trinajstić information content (AvgIpc) is 3.31. The first kappa shape index (κ1) is 22.3. The van der Waals surface area contributed by atoms with Crippen LogP contribution in [0, 0.1) is 0 Å². The largest absolute Gasteiger partial charge is 0.497 e. The molecule has 35 heavy (non-hydrogen) atoms. The Kier molecular flexibility index (Phi) is 6.52. The fourth-order valence-electron chi connectivity index (χ4n) is 3.92. The zero-order chi connectivity index (χ0) is 24.0. The number of hydrogen-bond acceptors (Lipinski definition) is 5. The molecule has 0 unspecified atom stereocenters. The second-order valence-corrected chi connectivity index (χ2v) is 8.01. The highest BCUT2D eigenvalue weighted by atomic mass is 16.6. The Morgan fingerprint density at radius 2 is 1.83 bits per heavy atom. The van der Waals surface area contributed by atoms with Crippen molar-refractivity contribution in [3.63, 3.8) is 0 Å². The summed E-state index contributed by atoms with van der Waals surface area (Å²) in [7, 11) is 1.59. The second-order valence-electron chi connectivity index (χ2n) is 8.01. The Hall–Kier alpha value is -4.46. The van der Waals surface area contributed by atoms with Crippen molar-refractivity contribution in [1.82, 2.24) is 10.3 Å². The fraction of sp³-hybridized carbons (Fsp3) is 0.185. The van der Waals surface area contributed by atoms with Gasteiger partial charge in [-0.25, -0.2) is 0 Å². The van der Waals surface area contributed by atoms with Crippen molar-refractivity contribution in [3.8, 4) is 17.2 Å². The summed E-state index contributed by atoms with van der Waals surface area (Å²) >= 11 is 0. The molecule has 0 saturated heterocycles. The van der Waals surface area contributed by atoms with Crippen LogP contribution in [0.3, 0.4) is 0 Å². The number of methoxy groups -OCH3 is 1. The maximum absolute atomic E-state index is 12.9. The van der Waals surface area contributed by atoms with Crippen molar-refractivity contribution in [1.29, 1.82) is 0 Å². The van der Waals surface area contributed by atoms with Crippen LogP contribution in [0.4, 0.5) is 5.69 Å². The smallest absolute Gasteiger partial charge is 0.257 e. The zero-order valence-corrected chi connectivity index (χ0v) is 19.3. The van der Waals surface area contributed by atoms with E-state index in [4.69, 9.17) is 14.2 Å². The summed E-state index contributed by atoms with van der Waals surface area (Å²) in [6.07, 6.45) is 2.72. The van der Waals surface area contributed by atoms with Gasteiger partial charge in [0.05, 0.1) is 7.11 Å². The molecular formula is C27H26N4O4. The Morgan fingerprint density at radius 3 is 2.66 bits per heavy atom. The summed E-state index contributed by atoms with van der Waals surface area (Å²) in [5.41, 5.74) is 3.49. The van der Waals surface area contributed by atoms with Crippen LogP contribution in [-0.2, 0) is 6.42 Å². The molecule has 0 fully saturated rings. The van der Waals surface area contributed by atoms with Crippen LogP contribution >= 0.6 is 0 Å². The molecule has 1 aliphatic rings. The van der Waals surface area contributed by atoms with E-state index < -0.39 is 0 Å². The fourth-order valence-corrected chi connectivity index (χ4v) is 3.92. The zero-order valence-electron chi connectivity index (χ0n) is 19.3. The third-order valence-corrected chi connectivity index (χ3v) is 5.72. The predicted octanol–water partition coefficient (Wildman–Crippen LogP) is 4.39. The molecule has 0 spiro atoms. The SMILES string of the molecule is COc1ccc(C(=O)NC(=NCCc2c[nH]c3ccccc23)Nc2ccc3c(c2)OCCO3)cc1. The average molecular weight is 471 g/mol. The number of ether oxygens (including phenoxy) is 3.